The van der Waals surface area contributed by atoms with Gasteiger partial charge in [-0.3, -0.25) is 9.59 Å². The fourth-order valence-electron chi connectivity index (χ4n) is 1.51. The van der Waals surface area contributed by atoms with Crippen molar-refractivity contribution in [3.63, 3.8) is 0 Å². The van der Waals surface area contributed by atoms with Gasteiger partial charge in [-0.05, 0) is 25.1 Å². The highest BCUT2D eigenvalue weighted by Gasteiger charge is 2.19. The number of carbonyl (C=O) groups is 2. The highest BCUT2D eigenvalue weighted by Crippen LogP contribution is 2.16. The van der Waals surface area contributed by atoms with Crippen LogP contribution in [0.4, 0.5) is 4.39 Å². The molecular weight excluding hydrogens is 259 g/mol. The van der Waals surface area contributed by atoms with Crippen LogP contribution < -0.4 is 5.73 Å². The topological polar surface area (TPSA) is 63.4 Å². The van der Waals surface area contributed by atoms with E-state index in [1.165, 1.54) is 18.0 Å². The zero-order valence-corrected chi connectivity index (χ0v) is 10.9. The van der Waals surface area contributed by atoms with Crippen LogP contribution in [0.15, 0.2) is 18.2 Å². The highest BCUT2D eigenvalue weighted by atomic mass is 35.5. The van der Waals surface area contributed by atoms with E-state index in [2.05, 4.69) is 0 Å². The van der Waals surface area contributed by atoms with Gasteiger partial charge >= 0.3 is 0 Å². The van der Waals surface area contributed by atoms with Gasteiger partial charge < -0.3 is 10.6 Å². The summed E-state index contributed by atoms with van der Waals surface area (Å²) in [6.45, 7) is 1.68. The van der Waals surface area contributed by atoms with Crippen molar-refractivity contribution in [2.45, 2.75) is 19.4 Å². The molecule has 18 heavy (non-hydrogen) atoms. The van der Waals surface area contributed by atoms with E-state index in [4.69, 9.17) is 17.3 Å². The van der Waals surface area contributed by atoms with Crippen LogP contribution in [0.25, 0.3) is 0 Å². The molecule has 0 aliphatic rings. The summed E-state index contributed by atoms with van der Waals surface area (Å²) in [5.74, 6) is -1.49. The van der Waals surface area contributed by atoms with Gasteiger partial charge in [-0.25, -0.2) is 4.39 Å². The summed E-state index contributed by atoms with van der Waals surface area (Å²) in [4.78, 5) is 24.1. The Morgan fingerprint density at radius 2 is 2.06 bits per heavy atom. The predicted octanol–water partition coefficient (Wildman–Crippen LogP) is 1.81. The maximum absolute atomic E-state index is 13.1. The smallest absolute Gasteiger partial charge is 0.254 e. The summed E-state index contributed by atoms with van der Waals surface area (Å²) in [7, 11) is 1.52. The normalized spacial score (nSPS) is 12.0. The van der Waals surface area contributed by atoms with Crippen molar-refractivity contribution in [2.75, 3.05) is 7.05 Å². The molecule has 1 aromatic carbocycles. The third-order valence-corrected chi connectivity index (χ3v) is 2.81. The SMILES string of the molecule is CC(CC(N)=O)N(C)C(=O)c1cc(F)cc(Cl)c1. The first kappa shape index (κ1) is 14.4. The number of nitrogens with zero attached hydrogens (tertiary/aromatic N) is 1. The van der Waals surface area contributed by atoms with E-state index in [1.54, 1.807) is 6.92 Å². The Morgan fingerprint density at radius 3 is 2.56 bits per heavy atom. The Morgan fingerprint density at radius 1 is 1.44 bits per heavy atom. The lowest BCUT2D eigenvalue weighted by Gasteiger charge is -2.24. The van der Waals surface area contributed by atoms with Gasteiger partial charge in [-0.15, -0.1) is 0 Å². The van der Waals surface area contributed by atoms with Crippen LogP contribution in [-0.4, -0.2) is 29.8 Å². The van der Waals surface area contributed by atoms with Crippen molar-refractivity contribution in [3.05, 3.63) is 34.6 Å². The summed E-state index contributed by atoms with van der Waals surface area (Å²) in [6.07, 6.45) is 0.0469. The number of primary amides is 1. The van der Waals surface area contributed by atoms with Crippen LogP contribution in [0.2, 0.25) is 5.02 Å². The first-order valence-electron chi connectivity index (χ1n) is 5.33. The van der Waals surface area contributed by atoms with Gasteiger partial charge in [0.2, 0.25) is 5.91 Å². The molecule has 4 nitrogen and oxygen atoms in total. The second-order valence-electron chi connectivity index (χ2n) is 4.09. The van der Waals surface area contributed by atoms with E-state index in [-0.39, 0.29) is 23.0 Å². The van der Waals surface area contributed by atoms with Crippen molar-refractivity contribution in [1.29, 1.82) is 0 Å². The minimum Gasteiger partial charge on any atom is -0.370 e. The number of amides is 2. The van der Waals surface area contributed by atoms with E-state index < -0.39 is 17.6 Å². The van der Waals surface area contributed by atoms with Gasteiger partial charge in [0.15, 0.2) is 0 Å². The summed E-state index contributed by atoms with van der Waals surface area (Å²) < 4.78 is 13.1. The average Bonchev–Trinajstić information content (AvgIpc) is 2.24. The van der Waals surface area contributed by atoms with E-state index in [9.17, 15) is 14.0 Å². The zero-order valence-electron chi connectivity index (χ0n) is 10.1. The molecule has 0 aliphatic carbocycles. The Balaban J connectivity index is 2.89. The van der Waals surface area contributed by atoms with E-state index in [0.29, 0.717) is 0 Å². The number of benzene rings is 1. The lowest BCUT2D eigenvalue weighted by atomic mass is 10.1. The number of hydrogen-bond donors (Lipinski definition) is 1. The number of carbonyl (C=O) groups excluding carboxylic acids is 2. The van der Waals surface area contributed by atoms with Crippen molar-refractivity contribution in [1.82, 2.24) is 4.90 Å². The monoisotopic (exact) mass is 272 g/mol. The summed E-state index contributed by atoms with van der Waals surface area (Å²) in [5, 5.41) is 0.148. The van der Waals surface area contributed by atoms with Crippen molar-refractivity contribution in [2.24, 2.45) is 5.73 Å². The minimum absolute atomic E-state index is 0.0469. The second kappa shape index (κ2) is 5.82. The van der Waals surface area contributed by atoms with Crippen LogP contribution in [0.1, 0.15) is 23.7 Å². The van der Waals surface area contributed by atoms with Crippen LogP contribution in [0.5, 0.6) is 0 Å². The van der Waals surface area contributed by atoms with E-state index >= 15 is 0 Å². The number of halogens is 2. The number of rotatable bonds is 4. The van der Waals surface area contributed by atoms with Crippen LogP contribution in [0.3, 0.4) is 0 Å². The fourth-order valence-corrected chi connectivity index (χ4v) is 1.73. The molecule has 2 amide bonds. The molecule has 0 heterocycles. The summed E-state index contributed by atoms with van der Waals surface area (Å²) >= 11 is 5.68. The van der Waals surface area contributed by atoms with Gasteiger partial charge in [-0.1, -0.05) is 11.6 Å². The predicted molar refractivity (Wildman–Crippen MR) is 66.8 cm³/mol. The Kier molecular flexibility index (Phi) is 4.67. The second-order valence-corrected chi connectivity index (χ2v) is 4.53. The molecule has 1 rings (SSSR count). The highest BCUT2D eigenvalue weighted by molar-refractivity contribution is 6.31. The summed E-state index contributed by atoms with van der Waals surface area (Å²) in [5.41, 5.74) is 5.20. The van der Waals surface area contributed by atoms with Crippen LogP contribution in [0, 0.1) is 5.82 Å². The van der Waals surface area contributed by atoms with E-state index in [1.807, 2.05) is 0 Å². The molecule has 0 saturated heterocycles. The van der Waals surface area contributed by atoms with Gasteiger partial charge in [-0.2, -0.15) is 0 Å². The van der Waals surface area contributed by atoms with Gasteiger partial charge in [0.05, 0.1) is 0 Å². The summed E-state index contributed by atoms with van der Waals surface area (Å²) in [6, 6.07) is 3.23. The number of nitrogens with two attached hydrogens (primary N) is 1. The molecule has 0 spiro atoms. The van der Waals surface area contributed by atoms with Crippen molar-refractivity contribution >= 4 is 23.4 Å². The largest absolute Gasteiger partial charge is 0.370 e. The van der Waals surface area contributed by atoms with Gasteiger partial charge in [0.1, 0.15) is 5.82 Å². The first-order chi connectivity index (χ1) is 8.31. The standard InChI is InChI=1S/C12H14ClFN2O2/c1-7(3-11(15)17)16(2)12(18)8-4-9(13)6-10(14)5-8/h4-7H,3H2,1-2H3,(H2,15,17). The van der Waals surface area contributed by atoms with Crippen LogP contribution >= 0.6 is 11.6 Å². The molecule has 0 radical (unpaired) electrons. The quantitative estimate of drug-likeness (QED) is 0.909. The van der Waals surface area contributed by atoms with Gasteiger partial charge in [0, 0.05) is 30.1 Å². The molecule has 1 atom stereocenters. The third kappa shape index (κ3) is 3.70. The molecule has 0 aromatic heterocycles. The van der Waals surface area contributed by atoms with Crippen molar-refractivity contribution in [3.8, 4) is 0 Å². The zero-order chi connectivity index (χ0) is 13.9. The lowest BCUT2D eigenvalue weighted by molar-refractivity contribution is -0.118. The molecule has 0 bridgehead atoms. The maximum atomic E-state index is 13.1. The maximum Gasteiger partial charge on any atom is 0.254 e. The molecule has 6 heteroatoms. The van der Waals surface area contributed by atoms with Crippen LogP contribution in [-0.2, 0) is 4.79 Å². The molecule has 2 N–H and O–H groups in total. The van der Waals surface area contributed by atoms with Gasteiger partial charge in [0.25, 0.3) is 5.91 Å². The Labute approximate surface area is 110 Å². The molecule has 1 aromatic rings. The molecule has 0 saturated carbocycles. The fraction of sp³-hybridized carbons (Fsp3) is 0.333. The molecule has 0 aliphatic heterocycles. The average molecular weight is 273 g/mol. The number of hydrogen-bond acceptors (Lipinski definition) is 2. The lowest BCUT2D eigenvalue weighted by Crippen LogP contribution is -2.37. The third-order valence-electron chi connectivity index (χ3n) is 2.59. The molecule has 1 unspecified atom stereocenters. The Hall–Kier alpha value is -1.62. The van der Waals surface area contributed by atoms with E-state index in [0.717, 1.165) is 12.1 Å². The molecular formula is C12H14ClFN2O2. The molecule has 0 fully saturated rings. The molecule has 98 valence electrons. The first-order valence-corrected chi connectivity index (χ1v) is 5.70. The van der Waals surface area contributed by atoms with Crippen molar-refractivity contribution < 1.29 is 14.0 Å². The minimum atomic E-state index is -0.582. The Bertz CT molecular complexity index is 459.